The number of nitrogens with zero attached hydrogens (tertiary/aromatic N) is 2. The van der Waals surface area contributed by atoms with Crippen molar-refractivity contribution < 1.29 is 67.0 Å². The number of amides is 2. The van der Waals surface area contributed by atoms with E-state index in [2.05, 4.69) is 21.1 Å². The predicted molar refractivity (Wildman–Crippen MR) is 154 cm³/mol. The summed E-state index contributed by atoms with van der Waals surface area (Å²) in [5.74, 6) is -20.6. The van der Waals surface area contributed by atoms with Gasteiger partial charge in [0, 0.05) is 59.1 Å². The first-order valence-electron chi connectivity index (χ1n) is 15.4. The molecule has 4 aliphatic carbocycles. The van der Waals surface area contributed by atoms with Gasteiger partial charge in [-0.2, -0.15) is 36.5 Å². The van der Waals surface area contributed by atoms with Gasteiger partial charge in [0.25, 0.3) is 35.0 Å². The Bertz CT molecular complexity index is 1600. The Balaban J connectivity index is 0.988. The van der Waals surface area contributed by atoms with Gasteiger partial charge in [0.05, 0.1) is 0 Å². The zero-order valence-electron chi connectivity index (χ0n) is 25.7. The van der Waals surface area contributed by atoms with Crippen LogP contribution in [0.4, 0.5) is 52.7 Å². The monoisotopic (exact) mass is 742 g/mol. The van der Waals surface area contributed by atoms with Crippen molar-refractivity contribution in [1.29, 1.82) is 0 Å². The number of ether oxygens (including phenoxy) is 1. The molecule has 2 N–H and O–H groups in total. The number of nitrogens with one attached hydrogen (secondary N) is 2. The van der Waals surface area contributed by atoms with Gasteiger partial charge < -0.3 is 4.74 Å². The second-order valence-corrected chi connectivity index (χ2v) is 13.1. The van der Waals surface area contributed by atoms with Crippen molar-refractivity contribution in [2.24, 2.45) is 45.7 Å². The highest BCUT2D eigenvalue weighted by Crippen LogP contribution is 2.69. The Hall–Kier alpha value is -4.32. The van der Waals surface area contributed by atoms with E-state index in [9.17, 15) is 62.3 Å². The van der Waals surface area contributed by atoms with Gasteiger partial charge in [-0.3, -0.25) is 9.59 Å². The fourth-order valence-corrected chi connectivity index (χ4v) is 7.86. The second kappa shape index (κ2) is 12.1. The van der Waals surface area contributed by atoms with E-state index in [1.54, 1.807) is 0 Å². The molecule has 4 fully saturated rings. The summed E-state index contributed by atoms with van der Waals surface area (Å²) in [4.78, 5) is 24.9. The number of hydrazone groups is 2. The number of alkyl halides is 12. The molecule has 0 spiro atoms. The minimum absolute atomic E-state index is 0.0245. The highest BCUT2D eigenvalue weighted by molar-refractivity contribution is 5.95. The minimum atomic E-state index is -5.79. The van der Waals surface area contributed by atoms with Crippen molar-refractivity contribution >= 4 is 24.2 Å². The maximum Gasteiger partial charge on any atom is 0.428 e. The van der Waals surface area contributed by atoms with E-state index in [4.69, 9.17) is 4.74 Å². The molecule has 51 heavy (non-hydrogen) atoms. The lowest BCUT2D eigenvalue weighted by Crippen LogP contribution is -2.60. The Morgan fingerprint density at radius 1 is 0.608 bits per heavy atom. The average molecular weight is 743 g/mol. The van der Waals surface area contributed by atoms with Gasteiger partial charge in [0.1, 0.15) is 11.5 Å². The molecular weight excluding hydrogens is 716 g/mol. The molecule has 0 aliphatic heterocycles. The van der Waals surface area contributed by atoms with Crippen LogP contribution in [0.2, 0.25) is 0 Å². The molecule has 2 aromatic rings. The molecule has 4 aliphatic rings. The maximum atomic E-state index is 14.7. The molecule has 8 atom stereocenters. The van der Waals surface area contributed by atoms with Gasteiger partial charge in [0.2, 0.25) is 0 Å². The number of hydrogen-bond acceptors (Lipinski definition) is 5. The second-order valence-electron chi connectivity index (χ2n) is 13.1. The standard InChI is InChI=1S/C32H26F12N4O3/c33-27(31(39,40)41)23-11-19(29(27,35)36)9-17(23)13-45-47-25(49)15-1-5-21(6-2-15)51-22-7-3-16(4-8-22)26(50)48-46-14-18-10-20-12-24(18)28(34,30(20,37)38)32(42,43)44/h1-8,13-14,17-20,23-24H,9-12H2,(H,47,49)(H,48,50)/b45-13-,46-14-/t17-,18+,19-,20-,23-,24+,27-,28-/m0/s1. The van der Waals surface area contributed by atoms with Crippen LogP contribution in [0.5, 0.6) is 11.5 Å². The van der Waals surface area contributed by atoms with E-state index in [-0.39, 0.29) is 22.6 Å². The molecule has 0 saturated heterocycles. The molecule has 19 heteroatoms. The summed E-state index contributed by atoms with van der Waals surface area (Å²) in [6, 6.07) is 10.7. The fraction of sp³-hybridized carbons (Fsp3) is 0.500. The first-order valence-corrected chi connectivity index (χ1v) is 15.4. The van der Waals surface area contributed by atoms with E-state index in [1.807, 2.05) is 0 Å². The van der Waals surface area contributed by atoms with E-state index in [0.717, 1.165) is 12.4 Å². The number of rotatable bonds is 8. The normalized spacial score (nSPS) is 33.6. The summed E-state index contributed by atoms with van der Waals surface area (Å²) in [7, 11) is 0. The van der Waals surface area contributed by atoms with Crippen LogP contribution in [0, 0.1) is 35.5 Å². The SMILES string of the molecule is O=C(N/N=C\[C@@H]1C[C@H]2C[C@@H]1[C@@](F)(C(F)(F)F)C2(F)F)c1ccc(Oc2ccc(C(=O)N/N=C\[C@H]3C[C@H]4C[C@H]3[C@@](F)(C(F)(F)F)C4(F)F)cc2)cc1. The summed E-state index contributed by atoms with van der Waals surface area (Å²) in [6.07, 6.45) is -12.1. The van der Waals surface area contributed by atoms with Crippen molar-refractivity contribution in [2.75, 3.05) is 0 Å². The number of hydrogen-bond donors (Lipinski definition) is 2. The van der Waals surface area contributed by atoms with Crippen molar-refractivity contribution in [1.82, 2.24) is 10.9 Å². The molecule has 4 saturated carbocycles. The topological polar surface area (TPSA) is 92.1 Å². The molecule has 2 amide bonds. The van der Waals surface area contributed by atoms with E-state index in [0.29, 0.717) is 0 Å². The van der Waals surface area contributed by atoms with Crippen LogP contribution in [0.3, 0.4) is 0 Å². The number of halogens is 12. The lowest BCUT2D eigenvalue weighted by atomic mass is 9.76. The number of carbonyl (C=O) groups is 2. The van der Waals surface area contributed by atoms with Gasteiger partial charge in [-0.15, -0.1) is 0 Å². The summed E-state index contributed by atoms with van der Waals surface area (Å²) in [5.41, 5.74) is -5.21. The molecule has 0 heterocycles. The Labute approximate surface area is 280 Å². The average Bonchev–Trinajstić information content (AvgIpc) is 3.77. The lowest BCUT2D eigenvalue weighted by Gasteiger charge is -2.40. The first kappa shape index (κ1) is 36.5. The Morgan fingerprint density at radius 3 is 1.24 bits per heavy atom. The molecule has 7 nitrogen and oxygen atoms in total. The third-order valence-electron chi connectivity index (χ3n) is 10.4. The number of fused-ring (bicyclic) bond motifs is 4. The summed E-state index contributed by atoms with van der Waals surface area (Å²) in [6.45, 7) is 0. The maximum absolute atomic E-state index is 14.7. The van der Waals surface area contributed by atoms with Gasteiger partial charge in [-0.1, -0.05) is 0 Å². The van der Waals surface area contributed by atoms with Crippen LogP contribution in [0.25, 0.3) is 0 Å². The highest BCUT2D eigenvalue weighted by Gasteiger charge is 2.84. The first-order chi connectivity index (χ1) is 23.6. The number of benzene rings is 2. The quantitative estimate of drug-likeness (QED) is 0.163. The van der Waals surface area contributed by atoms with Gasteiger partial charge in [-0.05, 0) is 74.2 Å². The van der Waals surface area contributed by atoms with Crippen LogP contribution in [0.1, 0.15) is 46.4 Å². The van der Waals surface area contributed by atoms with Crippen LogP contribution >= 0.6 is 0 Å². The minimum Gasteiger partial charge on any atom is -0.457 e. The zero-order chi connectivity index (χ0) is 37.4. The molecule has 0 unspecified atom stereocenters. The molecule has 6 rings (SSSR count). The lowest BCUT2D eigenvalue weighted by molar-refractivity contribution is -0.320. The van der Waals surface area contributed by atoms with E-state index in [1.165, 1.54) is 48.5 Å². The summed E-state index contributed by atoms with van der Waals surface area (Å²) in [5, 5.41) is 7.13. The molecular formula is C32H26F12N4O3. The smallest absolute Gasteiger partial charge is 0.428 e. The Kier molecular flexibility index (Phi) is 8.68. The molecule has 0 aromatic heterocycles. The molecule has 0 radical (unpaired) electrons. The molecule has 4 bridgehead atoms. The third kappa shape index (κ3) is 5.70. The van der Waals surface area contributed by atoms with Crippen LogP contribution in [-0.2, 0) is 0 Å². The third-order valence-corrected chi connectivity index (χ3v) is 10.4. The van der Waals surface area contributed by atoms with Crippen molar-refractivity contribution in [3.63, 3.8) is 0 Å². The number of carbonyl (C=O) groups excluding carboxylic acids is 2. The predicted octanol–water partition coefficient (Wildman–Crippen LogP) is 8.03. The van der Waals surface area contributed by atoms with Crippen LogP contribution in [-0.4, -0.2) is 59.8 Å². The van der Waals surface area contributed by atoms with Crippen molar-refractivity contribution in [3.05, 3.63) is 59.7 Å². The molecule has 276 valence electrons. The van der Waals surface area contributed by atoms with Gasteiger partial charge in [0.15, 0.2) is 0 Å². The van der Waals surface area contributed by atoms with E-state index < -0.39 is 109 Å². The van der Waals surface area contributed by atoms with Gasteiger partial charge in [-0.25, -0.2) is 37.2 Å². The largest absolute Gasteiger partial charge is 0.457 e. The Morgan fingerprint density at radius 2 is 0.941 bits per heavy atom. The summed E-state index contributed by atoms with van der Waals surface area (Å²) < 4.78 is 171. The van der Waals surface area contributed by atoms with Crippen LogP contribution < -0.4 is 15.6 Å². The van der Waals surface area contributed by atoms with Crippen LogP contribution in [0.15, 0.2) is 58.7 Å². The van der Waals surface area contributed by atoms with E-state index >= 15 is 0 Å². The molecule has 2 aromatic carbocycles. The highest BCUT2D eigenvalue weighted by atomic mass is 19.4. The fourth-order valence-electron chi connectivity index (χ4n) is 7.86. The van der Waals surface area contributed by atoms with Crippen molar-refractivity contribution in [2.45, 2.75) is 61.2 Å². The summed E-state index contributed by atoms with van der Waals surface area (Å²) >= 11 is 0. The van der Waals surface area contributed by atoms with Crippen molar-refractivity contribution in [3.8, 4) is 11.5 Å². The zero-order valence-corrected chi connectivity index (χ0v) is 25.7. The van der Waals surface area contributed by atoms with Gasteiger partial charge >= 0.3 is 12.4 Å².